The predicted octanol–water partition coefficient (Wildman–Crippen LogP) is -0.997. The maximum atomic E-state index is 10.2. The zero-order valence-corrected chi connectivity index (χ0v) is 8.80. The maximum absolute atomic E-state index is 10.2. The molecule has 0 heterocycles. The summed E-state index contributed by atoms with van der Waals surface area (Å²) < 4.78 is 0. The van der Waals surface area contributed by atoms with Crippen molar-refractivity contribution in [3.63, 3.8) is 0 Å². The molecule has 0 rings (SSSR count). The smallest absolute Gasteiger partial charge is 0.274 e. The first-order valence-electron chi connectivity index (χ1n) is 4.61. The van der Waals surface area contributed by atoms with E-state index in [2.05, 4.69) is 10.6 Å². The summed E-state index contributed by atoms with van der Waals surface area (Å²) >= 11 is 0. The molecule has 0 bridgehead atoms. The Morgan fingerprint density at radius 2 is 1.73 bits per heavy atom. The normalized spacial score (nSPS) is 13.9. The SMILES string of the molecule is CC(O)CNC(=C[N+](=O)[O-])NCC(C)O. The standard InChI is InChI=1S/C8H17N3O4/c1-6(12)3-9-8(5-11(14)15)10-4-7(2)13/h5-7,9-10,12-13H,3-4H2,1-2H3. The average molecular weight is 219 g/mol. The summed E-state index contributed by atoms with van der Waals surface area (Å²) in [4.78, 5) is 9.61. The molecule has 0 aromatic heterocycles. The van der Waals surface area contributed by atoms with Gasteiger partial charge >= 0.3 is 0 Å². The average Bonchev–Trinajstić information content (AvgIpc) is 2.08. The van der Waals surface area contributed by atoms with E-state index in [1.807, 2.05) is 0 Å². The van der Waals surface area contributed by atoms with Crippen molar-refractivity contribution in [1.82, 2.24) is 10.6 Å². The fourth-order valence-corrected chi connectivity index (χ4v) is 0.775. The van der Waals surface area contributed by atoms with Crippen molar-refractivity contribution in [2.75, 3.05) is 13.1 Å². The highest BCUT2D eigenvalue weighted by molar-refractivity contribution is 4.92. The van der Waals surface area contributed by atoms with Gasteiger partial charge in [0.25, 0.3) is 6.20 Å². The van der Waals surface area contributed by atoms with Gasteiger partial charge in [-0.1, -0.05) is 0 Å². The Labute approximate surface area is 87.9 Å². The minimum atomic E-state index is -0.612. The molecular weight excluding hydrogens is 202 g/mol. The van der Waals surface area contributed by atoms with Crippen molar-refractivity contribution in [3.05, 3.63) is 22.1 Å². The third-order valence-corrected chi connectivity index (χ3v) is 1.41. The van der Waals surface area contributed by atoms with Gasteiger partial charge in [0, 0.05) is 13.1 Å². The minimum Gasteiger partial charge on any atom is -0.392 e. The molecule has 0 amide bonds. The molecule has 0 spiro atoms. The highest BCUT2D eigenvalue weighted by Gasteiger charge is 2.05. The molecule has 0 saturated carbocycles. The van der Waals surface area contributed by atoms with Crippen LogP contribution in [0, 0.1) is 10.1 Å². The van der Waals surface area contributed by atoms with Gasteiger partial charge in [-0.3, -0.25) is 10.1 Å². The zero-order chi connectivity index (χ0) is 11.8. The van der Waals surface area contributed by atoms with Crippen LogP contribution in [-0.4, -0.2) is 40.4 Å². The Kier molecular flexibility index (Phi) is 6.39. The summed E-state index contributed by atoms with van der Waals surface area (Å²) in [5, 5.41) is 33.5. The lowest BCUT2D eigenvalue weighted by Crippen LogP contribution is -2.35. The molecule has 0 aromatic carbocycles. The van der Waals surface area contributed by atoms with Crippen molar-refractivity contribution >= 4 is 0 Å². The molecule has 0 aliphatic carbocycles. The number of nitro groups is 1. The van der Waals surface area contributed by atoms with E-state index in [9.17, 15) is 10.1 Å². The molecule has 0 aliphatic heterocycles. The molecule has 0 radical (unpaired) electrons. The Balaban J connectivity index is 4.13. The van der Waals surface area contributed by atoms with Gasteiger partial charge in [-0.05, 0) is 13.8 Å². The second-order valence-electron chi connectivity index (χ2n) is 3.29. The van der Waals surface area contributed by atoms with Crippen LogP contribution in [0.5, 0.6) is 0 Å². The van der Waals surface area contributed by atoms with Crippen LogP contribution >= 0.6 is 0 Å². The fourth-order valence-electron chi connectivity index (χ4n) is 0.775. The first-order chi connectivity index (χ1) is 6.91. The van der Waals surface area contributed by atoms with Crippen molar-refractivity contribution in [2.45, 2.75) is 26.1 Å². The summed E-state index contributed by atoms with van der Waals surface area (Å²) in [6.45, 7) is 3.52. The third kappa shape index (κ3) is 8.98. The highest BCUT2D eigenvalue weighted by Crippen LogP contribution is 1.87. The quantitative estimate of drug-likeness (QED) is 0.323. The molecule has 2 unspecified atom stereocenters. The topological polar surface area (TPSA) is 108 Å². The van der Waals surface area contributed by atoms with E-state index in [1.54, 1.807) is 13.8 Å². The van der Waals surface area contributed by atoms with Crippen LogP contribution in [-0.2, 0) is 0 Å². The van der Waals surface area contributed by atoms with E-state index in [4.69, 9.17) is 10.2 Å². The lowest BCUT2D eigenvalue weighted by atomic mass is 10.4. The third-order valence-electron chi connectivity index (χ3n) is 1.41. The zero-order valence-electron chi connectivity index (χ0n) is 8.80. The molecule has 2 atom stereocenters. The van der Waals surface area contributed by atoms with Crippen LogP contribution in [0.3, 0.4) is 0 Å². The minimum absolute atomic E-state index is 0.168. The van der Waals surface area contributed by atoms with Gasteiger partial charge in [0.1, 0.15) is 0 Å². The van der Waals surface area contributed by atoms with E-state index in [1.165, 1.54) is 0 Å². The van der Waals surface area contributed by atoms with Gasteiger partial charge in [-0.15, -0.1) is 0 Å². The van der Waals surface area contributed by atoms with Crippen LogP contribution in [0.15, 0.2) is 12.0 Å². The summed E-state index contributed by atoms with van der Waals surface area (Å²) in [5.74, 6) is 0.168. The van der Waals surface area contributed by atoms with E-state index in [0.29, 0.717) is 0 Å². The molecule has 0 saturated heterocycles. The monoisotopic (exact) mass is 219 g/mol. The Bertz CT molecular complexity index is 214. The van der Waals surface area contributed by atoms with Crippen molar-refractivity contribution in [3.8, 4) is 0 Å². The van der Waals surface area contributed by atoms with Gasteiger partial charge in [0.15, 0.2) is 5.82 Å². The highest BCUT2D eigenvalue weighted by atomic mass is 16.6. The predicted molar refractivity (Wildman–Crippen MR) is 54.4 cm³/mol. The van der Waals surface area contributed by atoms with Gasteiger partial charge in [-0.25, -0.2) is 0 Å². The second-order valence-corrected chi connectivity index (χ2v) is 3.29. The lowest BCUT2D eigenvalue weighted by molar-refractivity contribution is -0.404. The number of hydrogen-bond acceptors (Lipinski definition) is 6. The summed E-state index contributed by atoms with van der Waals surface area (Å²) in [5.41, 5.74) is 0. The number of hydrogen-bond donors (Lipinski definition) is 4. The molecule has 88 valence electrons. The van der Waals surface area contributed by atoms with Crippen LogP contribution < -0.4 is 10.6 Å². The lowest BCUT2D eigenvalue weighted by Gasteiger charge is -2.13. The van der Waals surface area contributed by atoms with Crippen LogP contribution in [0.2, 0.25) is 0 Å². The fraction of sp³-hybridized carbons (Fsp3) is 0.750. The molecule has 0 aromatic rings. The molecule has 15 heavy (non-hydrogen) atoms. The number of aliphatic hydroxyl groups excluding tert-OH is 2. The van der Waals surface area contributed by atoms with Crippen LogP contribution in [0.25, 0.3) is 0 Å². The molecular formula is C8H17N3O4. The van der Waals surface area contributed by atoms with Crippen molar-refractivity contribution < 1.29 is 15.1 Å². The summed E-state index contributed by atoms with van der Waals surface area (Å²) in [7, 11) is 0. The van der Waals surface area contributed by atoms with E-state index in [0.717, 1.165) is 6.20 Å². The van der Waals surface area contributed by atoms with Crippen LogP contribution in [0.4, 0.5) is 0 Å². The van der Waals surface area contributed by atoms with Crippen LogP contribution in [0.1, 0.15) is 13.8 Å². The van der Waals surface area contributed by atoms with Gasteiger partial charge in [-0.2, -0.15) is 0 Å². The van der Waals surface area contributed by atoms with Gasteiger partial charge in [0.05, 0.1) is 17.1 Å². The van der Waals surface area contributed by atoms with Crippen molar-refractivity contribution in [2.24, 2.45) is 0 Å². The van der Waals surface area contributed by atoms with E-state index < -0.39 is 17.1 Å². The first-order valence-corrected chi connectivity index (χ1v) is 4.61. The molecule has 7 nitrogen and oxygen atoms in total. The van der Waals surface area contributed by atoms with E-state index in [-0.39, 0.29) is 18.9 Å². The number of aliphatic hydroxyl groups is 2. The Morgan fingerprint density at radius 1 is 1.33 bits per heavy atom. The maximum Gasteiger partial charge on any atom is 0.274 e. The molecule has 7 heteroatoms. The number of nitrogens with one attached hydrogen (secondary N) is 2. The molecule has 0 fully saturated rings. The van der Waals surface area contributed by atoms with Crippen molar-refractivity contribution in [1.29, 1.82) is 0 Å². The summed E-state index contributed by atoms with van der Waals surface area (Å²) in [6, 6.07) is 0. The summed E-state index contributed by atoms with van der Waals surface area (Å²) in [6.07, 6.45) is -0.452. The van der Waals surface area contributed by atoms with Gasteiger partial charge in [0.2, 0.25) is 0 Å². The number of rotatable bonds is 7. The second kappa shape index (κ2) is 7.02. The van der Waals surface area contributed by atoms with E-state index >= 15 is 0 Å². The largest absolute Gasteiger partial charge is 0.392 e. The Hall–Kier alpha value is -1.34. The molecule has 4 N–H and O–H groups in total. The molecule has 0 aliphatic rings. The van der Waals surface area contributed by atoms with Gasteiger partial charge < -0.3 is 20.8 Å². The first kappa shape index (κ1) is 13.7. The number of nitrogens with zero attached hydrogens (tertiary/aromatic N) is 1. The Morgan fingerprint density at radius 3 is 2.00 bits per heavy atom.